The van der Waals surface area contributed by atoms with Crippen LogP contribution in [0, 0.1) is 6.92 Å². The molecule has 1 amide bonds. The van der Waals surface area contributed by atoms with Crippen molar-refractivity contribution in [3.63, 3.8) is 0 Å². The quantitative estimate of drug-likeness (QED) is 0.306. The lowest BCUT2D eigenvalue weighted by molar-refractivity contribution is -0.114. The number of anilines is 1. The van der Waals surface area contributed by atoms with Gasteiger partial charge in [0, 0.05) is 48.4 Å². The molecule has 7 heteroatoms. The van der Waals surface area contributed by atoms with Gasteiger partial charge >= 0.3 is 0 Å². The molecule has 0 aliphatic heterocycles. The number of guanidine groups is 1. The second-order valence-corrected chi connectivity index (χ2v) is 7.76. The van der Waals surface area contributed by atoms with Crippen molar-refractivity contribution in [2.24, 2.45) is 4.99 Å². The van der Waals surface area contributed by atoms with Gasteiger partial charge in [-0.15, -0.1) is 35.3 Å². The molecule has 0 bridgehead atoms. The molecular weight excluding hydrogens is 471 g/mol. The van der Waals surface area contributed by atoms with Crippen molar-refractivity contribution in [3.05, 3.63) is 51.7 Å². The summed E-state index contributed by atoms with van der Waals surface area (Å²) in [5.41, 5.74) is 2.04. The summed E-state index contributed by atoms with van der Waals surface area (Å²) in [6, 6.07) is 12.6. The van der Waals surface area contributed by atoms with Gasteiger partial charge in [-0.25, -0.2) is 0 Å². The molecule has 0 radical (unpaired) electrons. The van der Waals surface area contributed by atoms with Crippen LogP contribution in [-0.2, 0) is 17.6 Å². The Hall–Kier alpha value is -1.61. The van der Waals surface area contributed by atoms with Crippen LogP contribution in [0.4, 0.5) is 5.69 Å². The molecule has 0 spiro atoms. The summed E-state index contributed by atoms with van der Waals surface area (Å²) in [5.74, 6) is 0.766. The molecule has 0 saturated carbocycles. The van der Waals surface area contributed by atoms with E-state index in [2.05, 4.69) is 46.9 Å². The Kier molecular flexibility index (Phi) is 10.4. The van der Waals surface area contributed by atoms with Crippen molar-refractivity contribution in [2.75, 3.05) is 18.9 Å². The molecule has 0 aliphatic carbocycles. The summed E-state index contributed by atoms with van der Waals surface area (Å²) in [4.78, 5) is 18.1. The van der Waals surface area contributed by atoms with Crippen molar-refractivity contribution in [3.8, 4) is 0 Å². The maximum Gasteiger partial charge on any atom is 0.221 e. The van der Waals surface area contributed by atoms with Crippen LogP contribution < -0.4 is 16.0 Å². The predicted molar refractivity (Wildman–Crippen MR) is 127 cm³/mol. The number of carbonyl (C=O) groups excluding carboxylic acids is 1. The topological polar surface area (TPSA) is 65.5 Å². The van der Waals surface area contributed by atoms with E-state index >= 15 is 0 Å². The third-order valence-corrected chi connectivity index (χ3v) is 4.91. The molecule has 3 N–H and O–H groups in total. The lowest BCUT2D eigenvalue weighted by atomic mass is 10.1. The van der Waals surface area contributed by atoms with Crippen LogP contribution >= 0.6 is 35.3 Å². The molecule has 5 nitrogen and oxygen atoms in total. The average molecular weight is 500 g/mol. The van der Waals surface area contributed by atoms with Gasteiger partial charge in [-0.2, -0.15) is 0 Å². The minimum absolute atomic E-state index is 0. The van der Waals surface area contributed by atoms with Crippen molar-refractivity contribution in [2.45, 2.75) is 39.7 Å². The van der Waals surface area contributed by atoms with Crippen LogP contribution in [0.2, 0.25) is 0 Å². The molecule has 1 atom stereocenters. The SMILES string of the molecule is CN=C(NCCc1ccc(NC(C)=O)cc1)NC(C)Cc1ccc(C)s1.I. The van der Waals surface area contributed by atoms with Crippen LogP contribution in [0.3, 0.4) is 0 Å². The number of thiophene rings is 1. The highest BCUT2D eigenvalue weighted by Gasteiger charge is 2.07. The summed E-state index contributed by atoms with van der Waals surface area (Å²) in [5, 5.41) is 9.57. The second-order valence-electron chi connectivity index (χ2n) is 6.39. The van der Waals surface area contributed by atoms with Gasteiger partial charge in [0.05, 0.1) is 0 Å². The molecular formula is C20H29IN4OS. The number of aryl methyl sites for hydroxylation is 1. The summed E-state index contributed by atoms with van der Waals surface area (Å²) < 4.78 is 0. The predicted octanol–water partition coefficient (Wildman–Crippen LogP) is 3.97. The normalized spacial score (nSPS) is 12.1. The van der Waals surface area contributed by atoms with Crippen molar-refractivity contribution in [1.29, 1.82) is 0 Å². The van der Waals surface area contributed by atoms with Gasteiger partial charge in [-0.3, -0.25) is 9.79 Å². The summed E-state index contributed by atoms with van der Waals surface area (Å²) in [7, 11) is 1.79. The Labute approximate surface area is 183 Å². The monoisotopic (exact) mass is 500 g/mol. The number of amides is 1. The Morgan fingerprint density at radius 1 is 1.19 bits per heavy atom. The lowest BCUT2D eigenvalue weighted by Crippen LogP contribution is -2.43. The van der Waals surface area contributed by atoms with Crippen LogP contribution in [0.5, 0.6) is 0 Å². The fraction of sp³-hybridized carbons (Fsp3) is 0.400. The minimum Gasteiger partial charge on any atom is -0.356 e. The maximum absolute atomic E-state index is 11.0. The van der Waals surface area contributed by atoms with E-state index in [4.69, 9.17) is 0 Å². The van der Waals surface area contributed by atoms with E-state index in [1.54, 1.807) is 7.05 Å². The highest BCUT2D eigenvalue weighted by atomic mass is 127. The van der Waals surface area contributed by atoms with Gasteiger partial charge in [-0.1, -0.05) is 12.1 Å². The minimum atomic E-state index is -0.0545. The van der Waals surface area contributed by atoms with Gasteiger partial charge in [0.2, 0.25) is 5.91 Å². The first-order valence-corrected chi connectivity index (χ1v) is 9.67. The van der Waals surface area contributed by atoms with Gasteiger partial charge in [0.15, 0.2) is 5.96 Å². The van der Waals surface area contributed by atoms with E-state index in [0.717, 1.165) is 31.0 Å². The third-order valence-electron chi connectivity index (χ3n) is 3.89. The zero-order valence-corrected chi connectivity index (χ0v) is 19.5. The highest BCUT2D eigenvalue weighted by Crippen LogP contribution is 2.16. The molecule has 1 heterocycles. The number of carbonyl (C=O) groups is 1. The zero-order valence-electron chi connectivity index (χ0n) is 16.3. The number of halogens is 1. The number of rotatable bonds is 7. The number of benzene rings is 1. The van der Waals surface area contributed by atoms with Gasteiger partial charge < -0.3 is 16.0 Å². The van der Waals surface area contributed by atoms with E-state index in [1.807, 2.05) is 35.6 Å². The Balaban J connectivity index is 0.00000364. The van der Waals surface area contributed by atoms with Crippen molar-refractivity contribution >= 4 is 52.9 Å². The molecule has 148 valence electrons. The summed E-state index contributed by atoms with van der Waals surface area (Å²) in [6.45, 7) is 6.61. The van der Waals surface area contributed by atoms with Gasteiger partial charge in [0.25, 0.3) is 0 Å². The number of hydrogen-bond donors (Lipinski definition) is 3. The molecule has 1 unspecified atom stereocenters. The first-order chi connectivity index (χ1) is 12.5. The molecule has 27 heavy (non-hydrogen) atoms. The summed E-state index contributed by atoms with van der Waals surface area (Å²) in [6.07, 6.45) is 1.88. The smallest absolute Gasteiger partial charge is 0.221 e. The maximum atomic E-state index is 11.0. The molecule has 0 fully saturated rings. The Morgan fingerprint density at radius 3 is 2.44 bits per heavy atom. The Morgan fingerprint density at radius 2 is 1.89 bits per heavy atom. The van der Waals surface area contributed by atoms with Gasteiger partial charge in [0.1, 0.15) is 0 Å². The lowest BCUT2D eigenvalue weighted by Gasteiger charge is -2.17. The summed E-state index contributed by atoms with van der Waals surface area (Å²) >= 11 is 1.84. The van der Waals surface area contributed by atoms with Crippen LogP contribution in [0.1, 0.15) is 29.2 Å². The van der Waals surface area contributed by atoms with E-state index < -0.39 is 0 Å². The van der Waals surface area contributed by atoms with Crippen LogP contribution in [-0.4, -0.2) is 31.5 Å². The van der Waals surface area contributed by atoms with Crippen molar-refractivity contribution < 1.29 is 4.79 Å². The largest absolute Gasteiger partial charge is 0.356 e. The second kappa shape index (κ2) is 12.0. The molecule has 1 aromatic carbocycles. The van der Waals surface area contributed by atoms with E-state index in [9.17, 15) is 4.79 Å². The van der Waals surface area contributed by atoms with Crippen LogP contribution in [0.25, 0.3) is 0 Å². The third kappa shape index (κ3) is 8.75. The fourth-order valence-electron chi connectivity index (χ4n) is 2.66. The van der Waals surface area contributed by atoms with Crippen molar-refractivity contribution in [1.82, 2.24) is 10.6 Å². The van der Waals surface area contributed by atoms with E-state index in [1.165, 1.54) is 22.2 Å². The van der Waals surface area contributed by atoms with Gasteiger partial charge in [-0.05, 0) is 50.1 Å². The molecule has 1 aromatic heterocycles. The molecule has 0 aliphatic rings. The number of aliphatic imine (C=N–C) groups is 1. The van der Waals surface area contributed by atoms with E-state index in [0.29, 0.717) is 6.04 Å². The molecule has 2 rings (SSSR count). The zero-order chi connectivity index (χ0) is 18.9. The molecule has 2 aromatic rings. The highest BCUT2D eigenvalue weighted by molar-refractivity contribution is 14.0. The molecule has 0 saturated heterocycles. The standard InChI is InChI=1S/C20H28N4OS.HI/c1-14(13-19-10-5-15(2)26-19)23-20(21-4)22-12-11-17-6-8-18(9-7-17)24-16(3)25;/h5-10,14H,11-13H2,1-4H3,(H,24,25)(H2,21,22,23);1H. The fourth-order valence-corrected chi connectivity index (χ4v) is 3.68. The van der Waals surface area contributed by atoms with Crippen LogP contribution in [0.15, 0.2) is 41.4 Å². The number of hydrogen-bond acceptors (Lipinski definition) is 3. The van der Waals surface area contributed by atoms with E-state index in [-0.39, 0.29) is 29.9 Å². The average Bonchev–Trinajstić information content (AvgIpc) is 2.99. The first-order valence-electron chi connectivity index (χ1n) is 8.85. The first kappa shape index (κ1) is 23.4. The number of nitrogens with zero attached hydrogens (tertiary/aromatic N) is 1. The number of nitrogens with one attached hydrogen (secondary N) is 3. The Bertz CT molecular complexity index is 743.